The smallest absolute Gasteiger partial charge is 0.339 e. The van der Waals surface area contributed by atoms with Gasteiger partial charge < -0.3 is 9.26 Å². The summed E-state index contributed by atoms with van der Waals surface area (Å²) in [5.41, 5.74) is 1.62. The van der Waals surface area contributed by atoms with E-state index in [9.17, 15) is 9.59 Å². The molecule has 6 nitrogen and oxygen atoms in total. The lowest BCUT2D eigenvalue weighted by Crippen LogP contribution is -2.14. The third kappa shape index (κ3) is 3.51. The van der Waals surface area contributed by atoms with Crippen molar-refractivity contribution in [2.75, 3.05) is 6.61 Å². The van der Waals surface area contributed by atoms with Crippen LogP contribution in [-0.4, -0.2) is 28.5 Å². The Morgan fingerprint density at radius 1 is 1.30 bits per heavy atom. The Bertz CT molecular complexity index is 1150. The number of nitrogens with zero attached hydrogens (tertiary/aromatic N) is 2. The van der Waals surface area contributed by atoms with Crippen LogP contribution in [0.2, 0.25) is 4.34 Å². The number of carbonyl (C=O) groups excluding carboxylic acids is 2. The highest BCUT2D eigenvalue weighted by Crippen LogP contribution is 2.30. The zero-order chi connectivity index (χ0) is 19.0. The van der Waals surface area contributed by atoms with Crippen LogP contribution in [0.5, 0.6) is 0 Å². The van der Waals surface area contributed by atoms with Crippen molar-refractivity contribution >= 4 is 57.1 Å². The summed E-state index contributed by atoms with van der Waals surface area (Å²) < 4.78 is 11.0. The van der Waals surface area contributed by atoms with Gasteiger partial charge in [-0.15, -0.1) is 22.7 Å². The zero-order valence-corrected chi connectivity index (χ0v) is 16.3. The first kappa shape index (κ1) is 17.8. The van der Waals surface area contributed by atoms with Crippen molar-refractivity contribution in [2.45, 2.75) is 6.92 Å². The van der Waals surface area contributed by atoms with E-state index in [1.807, 2.05) is 17.5 Å². The minimum absolute atomic E-state index is 0.252. The molecule has 0 N–H and O–H groups in total. The number of aromatic nitrogens is 2. The number of pyridine rings is 1. The van der Waals surface area contributed by atoms with E-state index in [4.69, 9.17) is 20.9 Å². The molecule has 0 saturated heterocycles. The molecule has 4 rings (SSSR count). The highest BCUT2D eigenvalue weighted by atomic mass is 35.5. The normalized spacial score (nSPS) is 11.0. The molecule has 0 radical (unpaired) electrons. The zero-order valence-electron chi connectivity index (χ0n) is 13.9. The number of halogens is 1. The Morgan fingerprint density at radius 3 is 2.85 bits per heavy atom. The van der Waals surface area contributed by atoms with Crippen LogP contribution in [0.1, 0.15) is 25.7 Å². The van der Waals surface area contributed by atoms with E-state index in [-0.39, 0.29) is 23.7 Å². The Labute approximate surface area is 166 Å². The SMILES string of the molecule is Cc1noc2nc(-c3cccs3)cc(C(=O)OCC(=O)c3ccc(Cl)s3)c12. The Balaban J connectivity index is 1.64. The maximum atomic E-state index is 12.7. The molecule has 0 fully saturated rings. The van der Waals surface area contributed by atoms with E-state index in [0.717, 1.165) is 16.2 Å². The average molecular weight is 419 g/mol. The van der Waals surface area contributed by atoms with Gasteiger partial charge in [-0.1, -0.05) is 22.8 Å². The number of hydrogen-bond acceptors (Lipinski definition) is 8. The topological polar surface area (TPSA) is 82.3 Å². The van der Waals surface area contributed by atoms with Gasteiger partial charge in [-0.25, -0.2) is 9.78 Å². The molecule has 27 heavy (non-hydrogen) atoms. The highest BCUT2D eigenvalue weighted by molar-refractivity contribution is 7.18. The van der Waals surface area contributed by atoms with E-state index in [1.165, 1.54) is 11.3 Å². The third-order valence-electron chi connectivity index (χ3n) is 3.79. The fourth-order valence-electron chi connectivity index (χ4n) is 2.55. The van der Waals surface area contributed by atoms with Crippen LogP contribution < -0.4 is 0 Å². The molecular formula is C18H11ClN2O4S2. The van der Waals surface area contributed by atoms with Crippen molar-refractivity contribution < 1.29 is 18.8 Å². The average Bonchev–Trinajstić information content (AvgIpc) is 3.40. The number of fused-ring (bicyclic) bond motifs is 1. The summed E-state index contributed by atoms with van der Waals surface area (Å²) >= 11 is 8.46. The number of rotatable bonds is 5. The summed E-state index contributed by atoms with van der Waals surface area (Å²) in [7, 11) is 0. The van der Waals surface area contributed by atoms with Crippen LogP contribution in [0.4, 0.5) is 0 Å². The number of thiophene rings is 2. The van der Waals surface area contributed by atoms with Gasteiger partial charge in [0, 0.05) is 0 Å². The van der Waals surface area contributed by atoms with Gasteiger partial charge >= 0.3 is 5.97 Å². The number of esters is 1. The van der Waals surface area contributed by atoms with Crippen LogP contribution >= 0.6 is 34.3 Å². The minimum atomic E-state index is -0.637. The summed E-state index contributed by atoms with van der Waals surface area (Å²) in [5.74, 6) is -0.950. The van der Waals surface area contributed by atoms with Gasteiger partial charge in [0.1, 0.15) is 0 Å². The lowest BCUT2D eigenvalue weighted by molar-refractivity contribution is 0.0477. The van der Waals surface area contributed by atoms with Crippen molar-refractivity contribution in [1.82, 2.24) is 10.1 Å². The Kier molecular flexibility index (Phi) is 4.77. The molecule has 0 bridgehead atoms. The molecule has 0 aliphatic rings. The van der Waals surface area contributed by atoms with Crippen molar-refractivity contribution in [1.29, 1.82) is 0 Å². The maximum absolute atomic E-state index is 12.7. The molecule has 4 aromatic rings. The summed E-state index contributed by atoms with van der Waals surface area (Å²) in [4.78, 5) is 30.6. The van der Waals surface area contributed by atoms with Gasteiger partial charge in [-0.3, -0.25) is 4.79 Å². The van der Waals surface area contributed by atoms with Gasteiger partial charge in [-0.05, 0) is 36.6 Å². The molecule has 0 atom stereocenters. The standard InChI is InChI=1S/C18H11ClN2O4S2/c1-9-16-10(18(23)24-8-12(22)14-4-5-15(19)27-14)7-11(13-3-2-6-26-13)20-17(16)25-21-9/h2-7H,8H2,1H3. The monoisotopic (exact) mass is 418 g/mol. The molecule has 9 heteroatoms. The molecule has 0 aromatic carbocycles. The largest absolute Gasteiger partial charge is 0.454 e. The fraction of sp³-hybridized carbons (Fsp3) is 0.111. The van der Waals surface area contributed by atoms with Crippen molar-refractivity contribution in [3.63, 3.8) is 0 Å². The summed E-state index contributed by atoms with van der Waals surface area (Å²) in [6.07, 6.45) is 0. The number of ether oxygens (including phenoxy) is 1. The van der Waals surface area contributed by atoms with Gasteiger partial charge in [0.05, 0.1) is 36.4 Å². The first-order valence-electron chi connectivity index (χ1n) is 7.79. The second kappa shape index (κ2) is 7.22. The third-order valence-corrected chi connectivity index (χ3v) is 5.96. The lowest BCUT2D eigenvalue weighted by Gasteiger charge is -2.06. The Morgan fingerprint density at radius 2 is 2.15 bits per heavy atom. The first-order chi connectivity index (χ1) is 13.0. The fourth-order valence-corrected chi connectivity index (χ4v) is 4.20. The number of aryl methyl sites for hydroxylation is 1. The number of carbonyl (C=O) groups is 2. The van der Waals surface area contributed by atoms with Gasteiger partial charge in [0.15, 0.2) is 6.61 Å². The van der Waals surface area contributed by atoms with Crippen LogP contribution in [0, 0.1) is 6.92 Å². The van der Waals surface area contributed by atoms with Crippen molar-refractivity contribution in [3.8, 4) is 10.6 Å². The molecule has 0 amide bonds. The van der Waals surface area contributed by atoms with Crippen molar-refractivity contribution in [3.05, 3.63) is 56.2 Å². The molecule has 136 valence electrons. The summed E-state index contributed by atoms with van der Waals surface area (Å²) in [6.45, 7) is 1.34. The van der Waals surface area contributed by atoms with Crippen LogP contribution in [0.15, 0.2) is 40.2 Å². The number of ketones is 1. The van der Waals surface area contributed by atoms with E-state index >= 15 is 0 Å². The van der Waals surface area contributed by atoms with Crippen LogP contribution in [0.25, 0.3) is 21.7 Å². The lowest BCUT2D eigenvalue weighted by atomic mass is 10.1. The van der Waals surface area contributed by atoms with Gasteiger partial charge in [-0.2, -0.15) is 0 Å². The van der Waals surface area contributed by atoms with Gasteiger partial charge in [0.2, 0.25) is 5.78 Å². The van der Waals surface area contributed by atoms with Gasteiger partial charge in [0.25, 0.3) is 5.71 Å². The van der Waals surface area contributed by atoms with E-state index < -0.39 is 5.97 Å². The summed E-state index contributed by atoms with van der Waals surface area (Å²) in [5, 5.41) is 6.28. The van der Waals surface area contributed by atoms with Crippen LogP contribution in [-0.2, 0) is 4.74 Å². The number of hydrogen-bond donors (Lipinski definition) is 0. The maximum Gasteiger partial charge on any atom is 0.339 e. The summed E-state index contributed by atoms with van der Waals surface area (Å²) in [6, 6.07) is 8.64. The Hall–Kier alpha value is -2.55. The number of Topliss-reactive ketones (excluding diaryl/α,β-unsaturated/α-hetero) is 1. The first-order valence-corrected chi connectivity index (χ1v) is 9.87. The minimum Gasteiger partial charge on any atom is -0.454 e. The second-order valence-corrected chi connectivity index (χ2v) is 8.25. The van der Waals surface area contributed by atoms with Crippen molar-refractivity contribution in [2.24, 2.45) is 0 Å². The molecule has 0 aliphatic carbocycles. The highest BCUT2D eigenvalue weighted by Gasteiger charge is 2.22. The molecule has 4 heterocycles. The molecule has 0 spiro atoms. The molecule has 4 aromatic heterocycles. The predicted octanol–water partition coefficient (Wildman–Crippen LogP) is 5.01. The molecule has 0 aliphatic heterocycles. The molecule has 0 saturated carbocycles. The quantitative estimate of drug-likeness (QED) is 0.334. The predicted molar refractivity (Wildman–Crippen MR) is 104 cm³/mol. The van der Waals surface area contributed by atoms with Crippen LogP contribution in [0.3, 0.4) is 0 Å². The molecule has 0 unspecified atom stereocenters. The molecular weight excluding hydrogens is 408 g/mol. The van der Waals surface area contributed by atoms with E-state index in [1.54, 1.807) is 25.1 Å². The second-order valence-electron chi connectivity index (χ2n) is 5.58. The van der Waals surface area contributed by atoms with E-state index in [0.29, 0.717) is 26.0 Å². The van der Waals surface area contributed by atoms with E-state index in [2.05, 4.69) is 10.1 Å².